The van der Waals surface area contributed by atoms with Crippen molar-refractivity contribution in [3.8, 4) is 0 Å². The first-order valence-corrected chi connectivity index (χ1v) is 11.0. The van der Waals surface area contributed by atoms with E-state index in [0.29, 0.717) is 0 Å². The van der Waals surface area contributed by atoms with Crippen molar-refractivity contribution in [2.24, 2.45) is 18.7 Å². The van der Waals surface area contributed by atoms with Crippen molar-refractivity contribution in [2.45, 2.75) is 39.3 Å². The molecule has 0 fully saturated rings. The highest BCUT2D eigenvalue weighted by Gasteiger charge is 2.24. The number of nitrogens with one attached hydrogen (secondary N) is 4. The molecule has 0 bridgehead atoms. The molecular weight excluding hydrogens is 424 g/mol. The van der Waals surface area contributed by atoms with E-state index >= 15 is 0 Å². The molecule has 0 aliphatic rings. The Hall–Kier alpha value is -3.40. The van der Waals surface area contributed by atoms with Crippen molar-refractivity contribution in [3.63, 3.8) is 0 Å². The van der Waals surface area contributed by atoms with Crippen molar-refractivity contribution in [3.05, 3.63) is 36.0 Å². The smallest absolute Gasteiger partial charge is 0.243 e. The van der Waals surface area contributed by atoms with Crippen molar-refractivity contribution < 1.29 is 19.2 Å². The molecule has 0 saturated heterocycles. The molecule has 0 saturated carbocycles. The molecule has 10 nitrogen and oxygen atoms in total. The molecule has 2 rings (SSSR count). The Morgan fingerprint density at radius 3 is 2.24 bits per heavy atom. The molecule has 0 spiro atoms. The molecule has 1 heterocycles. The van der Waals surface area contributed by atoms with E-state index in [2.05, 4.69) is 21.3 Å². The lowest BCUT2D eigenvalue weighted by atomic mass is 10.0. The summed E-state index contributed by atoms with van der Waals surface area (Å²) in [5, 5.41) is 11.4. The van der Waals surface area contributed by atoms with Gasteiger partial charge in [-0.3, -0.25) is 19.2 Å². The second-order valence-corrected chi connectivity index (χ2v) is 8.41. The maximum Gasteiger partial charge on any atom is 0.243 e. The van der Waals surface area contributed by atoms with Crippen LogP contribution in [0.1, 0.15) is 26.3 Å². The maximum absolute atomic E-state index is 12.9. The molecule has 180 valence electrons. The Morgan fingerprint density at radius 2 is 1.58 bits per heavy atom. The van der Waals surface area contributed by atoms with Crippen molar-refractivity contribution >= 4 is 34.5 Å². The summed E-state index contributed by atoms with van der Waals surface area (Å²) in [6.07, 6.45) is 2.12. The van der Waals surface area contributed by atoms with Crippen LogP contribution in [0, 0.1) is 5.92 Å². The predicted octanol–water partition coefficient (Wildman–Crippen LogP) is -0.443. The average molecular weight is 459 g/mol. The lowest BCUT2D eigenvalue weighted by Crippen LogP contribution is -2.52. The number of fused-ring (bicyclic) bond motifs is 1. The molecule has 2 aromatic rings. The second kappa shape index (κ2) is 12.0. The Balaban J connectivity index is 2.12. The van der Waals surface area contributed by atoms with Gasteiger partial charge >= 0.3 is 0 Å². The molecule has 0 radical (unpaired) electrons. The van der Waals surface area contributed by atoms with Gasteiger partial charge in [0.25, 0.3) is 0 Å². The van der Waals surface area contributed by atoms with E-state index in [-0.39, 0.29) is 43.9 Å². The van der Waals surface area contributed by atoms with Gasteiger partial charge in [0.1, 0.15) is 6.04 Å². The number of benzene rings is 1. The van der Waals surface area contributed by atoms with Crippen LogP contribution in [-0.4, -0.2) is 59.9 Å². The largest absolute Gasteiger partial charge is 0.352 e. The number of aryl methyl sites for hydroxylation is 1. The van der Waals surface area contributed by atoms with Crippen LogP contribution >= 0.6 is 0 Å². The standard InChI is InChI=1S/C23H34N6O4/c1-14(2)15(3)27-21(31)12-26-23(33)18(28-22(32)11-25-20(30)10-24)9-16-13-29(4)19-8-6-5-7-17(16)19/h5-8,13-15,18H,9-12,24H2,1-4H3,(H,25,30)(H,26,33)(H,27,31)(H,28,32). The first-order valence-electron chi connectivity index (χ1n) is 11.0. The highest BCUT2D eigenvalue weighted by molar-refractivity contribution is 5.93. The summed E-state index contributed by atoms with van der Waals surface area (Å²) in [5.41, 5.74) is 7.11. The van der Waals surface area contributed by atoms with Crippen molar-refractivity contribution in [1.82, 2.24) is 25.8 Å². The van der Waals surface area contributed by atoms with Crippen LogP contribution in [-0.2, 0) is 32.6 Å². The molecule has 1 aromatic heterocycles. The van der Waals surface area contributed by atoms with Gasteiger partial charge in [-0.2, -0.15) is 0 Å². The quantitative estimate of drug-likeness (QED) is 0.310. The molecule has 0 aliphatic heterocycles. The Labute approximate surface area is 193 Å². The lowest BCUT2D eigenvalue weighted by Gasteiger charge is -2.20. The van der Waals surface area contributed by atoms with Gasteiger partial charge in [0, 0.05) is 36.6 Å². The second-order valence-electron chi connectivity index (χ2n) is 8.41. The molecule has 6 N–H and O–H groups in total. The minimum absolute atomic E-state index is 0.0354. The van der Waals surface area contributed by atoms with E-state index in [1.807, 2.05) is 62.8 Å². The summed E-state index contributed by atoms with van der Waals surface area (Å²) < 4.78 is 1.95. The van der Waals surface area contributed by atoms with E-state index in [0.717, 1.165) is 16.5 Å². The van der Waals surface area contributed by atoms with Gasteiger partial charge in [0.2, 0.25) is 23.6 Å². The molecule has 2 atom stereocenters. The van der Waals surface area contributed by atoms with E-state index in [1.54, 1.807) is 0 Å². The van der Waals surface area contributed by atoms with Gasteiger partial charge in [0.15, 0.2) is 0 Å². The number of rotatable bonds is 11. The van der Waals surface area contributed by atoms with Crippen LogP contribution < -0.4 is 27.0 Å². The van der Waals surface area contributed by atoms with Crippen LogP contribution in [0.25, 0.3) is 10.9 Å². The fourth-order valence-corrected chi connectivity index (χ4v) is 3.28. The Kier molecular flexibility index (Phi) is 9.41. The van der Waals surface area contributed by atoms with Crippen LogP contribution in [0.4, 0.5) is 0 Å². The third kappa shape index (κ3) is 7.60. The SMILES string of the molecule is CC(C)C(C)NC(=O)CNC(=O)C(Cc1cn(C)c2ccccc12)NC(=O)CNC(=O)CN. The van der Waals surface area contributed by atoms with Crippen molar-refractivity contribution in [1.29, 1.82) is 0 Å². The Morgan fingerprint density at radius 1 is 0.939 bits per heavy atom. The molecule has 33 heavy (non-hydrogen) atoms. The first kappa shape index (κ1) is 25.9. The van der Waals surface area contributed by atoms with Crippen LogP contribution in [0.3, 0.4) is 0 Å². The van der Waals surface area contributed by atoms with Gasteiger partial charge in [-0.25, -0.2) is 0 Å². The number of amides is 4. The topological polar surface area (TPSA) is 147 Å². The number of hydrogen-bond donors (Lipinski definition) is 5. The highest BCUT2D eigenvalue weighted by atomic mass is 16.2. The normalized spacial score (nSPS) is 12.8. The van der Waals surface area contributed by atoms with Crippen LogP contribution in [0.5, 0.6) is 0 Å². The number of nitrogens with zero attached hydrogens (tertiary/aromatic N) is 1. The lowest BCUT2D eigenvalue weighted by molar-refractivity contribution is -0.130. The third-order valence-corrected chi connectivity index (χ3v) is 5.50. The summed E-state index contributed by atoms with van der Waals surface area (Å²) in [4.78, 5) is 48.8. The molecule has 4 amide bonds. The molecule has 2 unspecified atom stereocenters. The molecule has 10 heteroatoms. The molecule has 1 aromatic carbocycles. The molecule has 0 aliphatic carbocycles. The van der Waals surface area contributed by atoms with E-state index in [4.69, 9.17) is 5.73 Å². The highest BCUT2D eigenvalue weighted by Crippen LogP contribution is 2.21. The van der Waals surface area contributed by atoms with Crippen LogP contribution in [0.15, 0.2) is 30.5 Å². The van der Waals surface area contributed by atoms with Crippen molar-refractivity contribution in [2.75, 3.05) is 19.6 Å². The van der Waals surface area contributed by atoms with Gasteiger partial charge in [-0.1, -0.05) is 32.0 Å². The zero-order chi connectivity index (χ0) is 24.5. The average Bonchev–Trinajstić information content (AvgIpc) is 3.10. The third-order valence-electron chi connectivity index (χ3n) is 5.50. The van der Waals surface area contributed by atoms with Gasteiger partial charge in [-0.15, -0.1) is 0 Å². The summed E-state index contributed by atoms with van der Waals surface area (Å²) in [5.74, 6) is -1.55. The van der Waals surface area contributed by atoms with Gasteiger partial charge in [0.05, 0.1) is 19.6 Å². The summed E-state index contributed by atoms with van der Waals surface area (Å²) in [6.45, 7) is 5.12. The number of para-hydroxylation sites is 1. The van der Waals surface area contributed by atoms with Gasteiger partial charge < -0.3 is 31.6 Å². The fraction of sp³-hybridized carbons (Fsp3) is 0.478. The maximum atomic E-state index is 12.9. The fourth-order valence-electron chi connectivity index (χ4n) is 3.28. The summed E-state index contributed by atoms with van der Waals surface area (Å²) >= 11 is 0. The van der Waals surface area contributed by atoms with E-state index < -0.39 is 23.8 Å². The Bertz CT molecular complexity index is 1000. The first-order chi connectivity index (χ1) is 15.6. The van der Waals surface area contributed by atoms with E-state index in [1.165, 1.54) is 0 Å². The zero-order valence-electron chi connectivity index (χ0n) is 19.6. The number of aromatic nitrogens is 1. The van der Waals surface area contributed by atoms with E-state index in [9.17, 15) is 19.2 Å². The predicted molar refractivity (Wildman–Crippen MR) is 126 cm³/mol. The number of carbonyl (C=O) groups is 4. The minimum Gasteiger partial charge on any atom is -0.352 e. The monoisotopic (exact) mass is 458 g/mol. The van der Waals surface area contributed by atoms with Gasteiger partial charge in [-0.05, 0) is 24.5 Å². The number of hydrogen-bond acceptors (Lipinski definition) is 5. The molecular formula is C23H34N6O4. The number of nitrogens with two attached hydrogens (primary N) is 1. The summed E-state index contributed by atoms with van der Waals surface area (Å²) in [7, 11) is 1.90. The number of carbonyl (C=O) groups excluding carboxylic acids is 4. The zero-order valence-corrected chi connectivity index (χ0v) is 19.6. The minimum atomic E-state index is -0.937. The summed E-state index contributed by atoms with van der Waals surface area (Å²) in [6, 6.07) is 6.77. The van der Waals surface area contributed by atoms with Crippen LogP contribution in [0.2, 0.25) is 0 Å².